The van der Waals surface area contributed by atoms with E-state index in [1.54, 1.807) is 6.07 Å². The van der Waals surface area contributed by atoms with Crippen molar-refractivity contribution < 1.29 is 21.6 Å². The molecule has 24 heavy (non-hydrogen) atoms. The van der Waals surface area contributed by atoms with Gasteiger partial charge in [0.25, 0.3) is 15.9 Å². The van der Waals surface area contributed by atoms with E-state index in [2.05, 4.69) is 15.9 Å². The van der Waals surface area contributed by atoms with Gasteiger partial charge >= 0.3 is 0 Å². The number of hydrogen-bond donors (Lipinski definition) is 1. The Labute approximate surface area is 149 Å². The highest BCUT2D eigenvalue weighted by Gasteiger charge is 2.24. The van der Waals surface area contributed by atoms with Gasteiger partial charge in [-0.15, -0.1) is 0 Å². The molecular weight excluding hydrogens is 418 g/mol. The van der Waals surface area contributed by atoms with E-state index in [4.69, 9.17) is 0 Å². The first-order valence-corrected chi connectivity index (χ1v) is 10.7. The van der Waals surface area contributed by atoms with Gasteiger partial charge in [-0.25, -0.2) is 21.6 Å². The highest BCUT2D eigenvalue weighted by atomic mass is 79.9. The van der Waals surface area contributed by atoms with Crippen LogP contribution >= 0.6 is 15.9 Å². The van der Waals surface area contributed by atoms with E-state index in [-0.39, 0.29) is 21.1 Å². The maximum Gasteiger partial charge on any atom is 0.266 e. The van der Waals surface area contributed by atoms with Crippen LogP contribution < -0.4 is 4.72 Å². The fourth-order valence-corrected chi connectivity index (χ4v) is 4.61. The van der Waals surface area contributed by atoms with Crippen molar-refractivity contribution in [1.29, 1.82) is 0 Å². The molecule has 2 aromatic rings. The van der Waals surface area contributed by atoms with Gasteiger partial charge in [-0.2, -0.15) is 0 Å². The SMILES string of the molecule is CCS(=O)(=O)c1ccccc1C(=O)NS(=O)(=O)c1cccc(Br)c1. The van der Waals surface area contributed by atoms with Crippen LogP contribution in [0.4, 0.5) is 0 Å². The molecule has 0 bridgehead atoms. The smallest absolute Gasteiger partial charge is 0.266 e. The molecule has 0 aliphatic rings. The summed E-state index contributed by atoms with van der Waals surface area (Å²) in [4.78, 5) is 12.0. The van der Waals surface area contributed by atoms with Crippen LogP contribution in [0.5, 0.6) is 0 Å². The van der Waals surface area contributed by atoms with Crippen LogP contribution in [0.25, 0.3) is 0 Å². The number of hydrogen-bond acceptors (Lipinski definition) is 5. The van der Waals surface area contributed by atoms with Crippen molar-refractivity contribution in [2.45, 2.75) is 16.7 Å². The lowest BCUT2D eigenvalue weighted by atomic mass is 10.2. The number of carbonyl (C=O) groups is 1. The average molecular weight is 432 g/mol. The van der Waals surface area contributed by atoms with Gasteiger partial charge in [-0.3, -0.25) is 4.79 Å². The maximum absolute atomic E-state index is 12.3. The predicted molar refractivity (Wildman–Crippen MR) is 93.0 cm³/mol. The molecular formula is C15H14BrNO5S2. The Balaban J connectivity index is 2.41. The first-order chi connectivity index (χ1) is 11.2. The molecule has 0 aliphatic heterocycles. The van der Waals surface area contributed by atoms with E-state index in [0.717, 1.165) is 0 Å². The summed E-state index contributed by atoms with van der Waals surface area (Å²) in [5.74, 6) is -1.20. The third-order valence-corrected chi connectivity index (χ3v) is 6.79. The van der Waals surface area contributed by atoms with Crippen molar-refractivity contribution >= 4 is 41.7 Å². The number of sulfone groups is 1. The number of sulfonamides is 1. The molecule has 2 aromatic carbocycles. The Kier molecular flexibility index (Phi) is 5.46. The Morgan fingerprint density at radius 3 is 2.33 bits per heavy atom. The summed E-state index contributed by atoms with van der Waals surface area (Å²) in [5, 5.41) is 0. The second-order valence-corrected chi connectivity index (χ2v) is 9.64. The Morgan fingerprint density at radius 2 is 1.71 bits per heavy atom. The molecule has 6 nitrogen and oxygen atoms in total. The van der Waals surface area contributed by atoms with E-state index in [1.807, 2.05) is 4.72 Å². The molecule has 0 spiro atoms. The van der Waals surface area contributed by atoms with Crippen LogP contribution in [0.3, 0.4) is 0 Å². The summed E-state index contributed by atoms with van der Waals surface area (Å²) in [6.07, 6.45) is 0. The van der Waals surface area contributed by atoms with E-state index in [0.29, 0.717) is 4.47 Å². The fraction of sp³-hybridized carbons (Fsp3) is 0.133. The normalized spacial score (nSPS) is 11.9. The largest absolute Gasteiger partial charge is 0.268 e. The van der Waals surface area contributed by atoms with E-state index >= 15 is 0 Å². The minimum Gasteiger partial charge on any atom is -0.268 e. The molecule has 9 heteroatoms. The van der Waals surface area contributed by atoms with Gasteiger partial charge in [0.1, 0.15) is 0 Å². The molecule has 1 amide bonds. The third-order valence-electron chi connectivity index (χ3n) is 3.18. The van der Waals surface area contributed by atoms with Crippen LogP contribution in [-0.2, 0) is 19.9 Å². The van der Waals surface area contributed by atoms with Gasteiger partial charge in [0, 0.05) is 4.47 Å². The van der Waals surface area contributed by atoms with Gasteiger partial charge in [0.15, 0.2) is 9.84 Å². The number of benzene rings is 2. The Morgan fingerprint density at radius 1 is 1.04 bits per heavy atom. The second-order valence-electron chi connectivity index (χ2n) is 4.79. The monoisotopic (exact) mass is 431 g/mol. The van der Waals surface area contributed by atoms with Crippen molar-refractivity contribution in [3.05, 3.63) is 58.6 Å². The van der Waals surface area contributed by atoms with Crippen LogP contribution in [0.15, 0.2) is 62.8 Å². The molecule has 0 heterocycles. The Hall–Kier alpha value is -1.71. The first-order valence-electron chi connectivity index (χ1n) is 6.82. The van der Waals surface area contributed by atoms with Gasteiger partial charge in [0.05, 0.1) is 21.1 Å². The first kappa shape index (κ1) is 18.6. The predicted octanol–water partition coefficient (Wildman–Crippen LogP) is 2.36. The lowest BCUT2D eigenvalue weighted by Gasteiger charge is -2.10. The minimum absolute atomic E-state index is 0.110. The van der Waals surface area contributed by atoms with Crippen LogP contribution in [0.1, 0.15) is 17.3 Å². The standard InChI is InChI=1S/C15H14BrNO5S2/c1-2-23(19,20)14-9-4-3-8-13(14)15(18)17-24(21,22)12-7-5-6-11(16)10-12/h3-10H,2H2,1H3,(H,17,18). The van der Waals surface area contributed by atoms with Gasteiger partial charge < -0.3 is 0 Å². The Bertz CT molecular complexity index is 984. The molecule has 0 aliphatic carbocycles. The van der Waals surface area contributed by atoms with Crippen molar-refractivity contribution in [2.24, 2.45) is 0 Å². The number of amides is 1. The maximum atomic E-state index is 12.3. The molecule has 0 radical (unpaired) electrons. The topological polar surface area (TPSA) is 97.4 Å². The number of halogens is 1. The summed E-state index contributed by atoms with van der Waals surface area (Å²) in [6.45, 7) is 1.45. The van der Waals surface area contributed by atoms with E-state index in [1.165, 1.54) is 49.4 Å². The minimum atomic E-state index is -4.12. The van der Waals surface area contributed by atoms with Crippen molar-refractivity contribution in [1.82, 2.24) is 4.72 Å². The fourth-order valence-electron chi connectivity index (χ4n) is 1.95. The molecule has 2 rings (SSSR count). The molecule has 0 saturated carbocycles. The highest BCUT2D eigenvalue weighted by Crippen LogP contribution is 2.19. The van der Waals surface area contributed by atoms with Crippen LogP contribution in [-0.4, -0.2) is 28.5 Å². The van der Waals surface area contributed by atoms with Gasteiger partial charge in [-0.1, -0.05) is 41.1 Å². The van der Waals surface area contributed by atoms with Crippen molar-refractivity contribution in [3.63, 3.8) is 0 Å². The van der Waals surface area contributed by atoms with Crippen LogP contribution in [0.2, 0.25) is 0 Å². The highest BCUT2D eigenvalue weighted by molar-refractivity contribution is 9.10. The molecule has 0 unspecified atom stereocenters. The zero-order chi connectivity index (χ0) is 18.0. The zero-order valence-electron chi connectivity index (χ0n) is 12.6. The molecule has 0 aromatic heterocycles. The van der Waals surface area contributed by atoms with E-state index < -0.39 is 25.8 Å². The lowest BCUT2D eigenvalue weighted by Crippen LogP contribution is -2.31. The summed E-state index contributed by atoms with van der Waals surface area (Å²) in [7, 11) is -7.79. The lowest BCUT2D eigenvalue weighted by molar-refractivity contribution is 0.0978. The van der Waals surface area contributed by atoms with Crippen LogP contribution in [0, 0.1) is 0 Å². The molecule has 0 fully saturated rings. The molecule has 0 saturated heterocycles. The zero-order valence-corrected chi connectivity index (χ0v) is 15.8. The third kappa shape index (κ3) is 4.03. The van der Waals surface area contributed by atoms with E-state index in [9.17, 15) is 21.6 Å². The van der Waals surface area contributed by atoms with Gasteiger partial charge in [-0.05, 0) is 30.3 Å². The summed E-state index contributed by atoms with van der Waals surface area (Å²) >= 11 is 3.16. The number of carbonyl (C=O) groups excluding carboxylic acids is 1. The number of rotatable bonds is 5. The number of nitrogens with one attached hydrogen (secondary N) is 1. The second kappa shape index (κ2) is 7.04. The quantitative estimate of drug-likeness (QED) is 0.783. The average Bonchev–Trinajstić information content (AvgIpc) is 2.54. The summed E-state index contributed by atoms with van der Waals surface area (Å²) < 4.78 is 51.2. The molecule has 1 N–H and O–H groups in total. The molecule has 128 valence electrons. The summed E-state index contributed by atoms with van der Waals surface area (Å²) in [5.41, 5.74) is -0.210. The van der Waals surface area contributed by atoms with Gasteiger partial charge in [0.2, 0.25) is 0 Å². The summed E-state index contributed by atoms with van der Waals surface area (Å²) in [6, 6.07) is 11.3. The molecule has 0 atom stereocenters. The van der Waals surface area contributed by atoms with Crippen molar-refractivity contribution in [2.75, 3.05) is 5.75 Å². The van der Waals surface area contributed by atoms with Crippen molar-refractivity contribution in [3.8, 4) is 0 Å².